The summed E-state index contributed by atoms with van der Waals surface area (Å²) < 4.78 is 16.2. The summed E-state index contributed by atoms with van der Waals surface area (Å²) in [5.41, 5.74) is 4.01. The van der Waals surface area contributed by atoms with E-state index in [-0.39, 0.29) is 19.3 Å². The highest BCUT2D eigenvalue weighted by molar-refractivity contribution is 5.99. The second-order valence-electron chi connectivity index (χ2n) is 6.10. The van der Waals surface area contributed by atoms with Crippen LogP contribution in [0.15, 0.2) is 65.8 Å². The molecule has 0 aliphatic carbocycles. The van der Waals surface area contributed by atoms with Gasteiger partial charge in [0.2, 0.25) is 6.79 Å². The van der Waals surface area contributed by atoms with Crippen LogP contribution < -0.4 is 19.6 Å². The number of nitrogens with zero attached hydrogens (tertiary/aromatic N) is 1. The zero-order valence-corrected chi connectivity index (χ0v) is 14.8. The van der Waals surface area contributed by atoms with Gasteiger partial charge in [-0.3, -0.25) is 4.79 Å². The Balaban J connectivity index is 1.35. The molecular weight excluding hydrogens is 344 g/mol. The maximum absolute atomic E-state index is 12.0. The number of rotatable bonds is 5. The molecule has 0 radical (unpaired) electrons. The smallest absolute Gasteiger partial charge is 0.277 e. The molecule has 0 aromatic heterocycles. The number of hydrazone groups is 1. The Kier molecular flexibility index (Phi) is 4.61. The molecule has 3 aromatic carbocycles. The average molecular weight is 362 g/mol. The monoisotopic (exact) mass is 362 g/mol. The van der Waals surface area contributed by atoms with Crippen LogP contribution in [0.1, 0.15) is 12.5 Å². The molecular formula is C21H18N2O4. The Bertz CT molecular complexity index is 1030. The summed E-state index contributed by atoms with van der Waals surface area (Å²) in [7, 11) is 0. The lowest BCUT2D eigenvalue weighted by molar-refractivity contribution is -0.123. The first kappa shape index (κ1) is 16.9. The quantitative estimate of drug-likeness (QED) is 0.557. The maximum atomic E-state index is 12.0. The molecule has 0 atom stereocenters. The minimum absolute atomic E-state index is 0.115. The number of benzene rings is 3. The van der Waals surface area contributed by atoms with Crippen molar-refractivity contribution >= 4 is 22.4 Å². The molecule has 0 saturated heterocycles. The summed E-state index contributed by atoms with van der Waals surface area (Å²) in [5, 5.41) is 6.31. The highest BCUT2D eigenvalue weighted by atomic mass is 16.7. The first-order chi connectivity index (χ1) is 13.2. The second-order valence-corrected chi connectivity index (χ2v) is 6.10. The Labute approximate surface area is 156 Å². The fraction of sp³-hybridized carbons (Fsp3) is 0.143. The Hall–Kier alpha value is -3.54. The lowest BCUT2D eigenvalue weighted by Crippen LogP contribution is -2.25. The van der Waals surface area contributed by atoms with E-state index in [9.17, 15) is 4.79 Å². The zero-order valence-electron chi connectivity index (χ0n) is 14.8. The summed E-state index contributed by atoms with van der Waals surface area (Å²) >= 11 is 0. The molecule has 1 aliphatic rings. The number of hydrogen-bond donors (Lipinski definition) is 1. The maximum Gasteiger partial charge on any atom is 0.277 e. The summed E-state index contributed by atoms with van der Waals surface area (Å²) in [4.78, 5) is 12.0. The van der Waals surface area contributed by atoms with E-state index in [1.165, 1.54) is 0 Å². The number of amides is 1. The molecule has 4 rings (SSSR count). The summed E-state index contributed by atoms with van der Waals surface area (Å²) in [6.45, 7) is 1.91. The summed E-state index contributed by atoms with van der Waals surface area (Å²) in [6.07, 6.45) is 0. The van der Waals surface area contributed by atoms with Gasteiger partial charge < -0.3 is 14.2 Å². The summed E-state index contributed by atoms with van der Waals surface area (Å²) in [6, 6.07) is 19.2. The Morgan fingerprint density at radius 1 is 1.04 bits per heavy atom. The first-order valence-electron chi connectivity index (χ1n) is 8.54. The molecule has 27 heavy (non-hydrogen) atoms. The second kappa shape index (κ2) is 7.37. The van der Waals surface area contributed by atoms with Crippen LogP contribution in [0, 0.1) is 0 Å². The largest absolute Gasteiger partial charge is 0.484 e. The van der Waals surface area contributed by atoms with Crippen LogP contribution in [-0.2, 0) is 4.79 Å². The molecule has 3 aromatic rings. The SMILES string of the molecule is C/C(=N\NC(=O)COc1ccc2ccccc2c1)c1ccc2c(c1)OCO2. The third-order valence-electron chi connectivity index (χ3n) is 4.23. The van der Waals surface area contributed by atoms with Gasteiger partial charge in [-0.1, -0.05) is 30.3 Å². The molecule has 0 fully saturated rings. The fourth-order valence-corrected chi connectivity index (χ4v) is 2.77. The molecule has 1 N–H and O–H groups in total. The number of hydrogen-bond acceptors (Lipinski definition) is 5. The van der Waals surface area contributed by atoms with Crippen LogP contribution >= 0.6 is 0 Å². The van der Waals surface area contributed by atoms with Crippen molar-refractivity contribution in [1.82, 2.24) is 5.43 Å². The van der Waals surface area contributed by atoms with Crippen LogP contribution in [0.3, 0.4) is 0 Å². The van der Waals surface area contributed by atoms with Gasteiger partial charge in [0.05, 0.1) is 5.71 Å². The normalized spacial score (nSPS) is 12.9. The van der Waals surface area contributed by atoms with Crippen molar-refractivity contribution in [2.45, 2.75) is 6.92 Å². The van der Waals surface area contributed by atoms with Crippen LogP contribution in [0.5, 0.6) is 17.2 Å². The van der Waals surface area contributed by atoms with Gasteiger partial charge in [0.25, 0.3) is 5.91 Å². The van der Waals surface area contributed by atoms with Crippen molar-refractivity contribution in [2.75, 3.05) is 13.4 Å². The lowest BCUT2D eigenvalue weighted by atomic mass is 10.1. The topological polar surface area (TPSA) is 69.2 Å². The molecule has 0 saturated carbocycles. The van der Waals surface area contributed by atoms with E-state index in [2.05, 4.69) is 10.5 Å². The Morgan fingerprint density at radius 3 is 2.74 bits per heavy atom. The van der Waals surface area contributed by atoms with Crippen molar-refractivity contribution in [2.24, 2.45) is 5.10 Å². The minimum Gasteiger partial charge on any atom is -0.484 e. The van der Waals surface area contributed by atoms with Crippen molar-refractivity contribution in [1.29, 1.82) is 0 Å². The third-order valence-corrected chi connectivity index (χ3v) is 4.23. The van der Waals surface area contributed by atoms with Crippen LogP contribution in [0.2, 0.25) is 0 Å². The van der Waals surface area contributed by atoms with E-state index in [0.717, 1.165) is 16.3 Å². The van der Waals surface area contributed by atoms with Gasteiger partial charge in [0, 0.05) is 5.56 Å². The number of fused-ring (bicyclic) bond motifs is 2. The number of carbonyl (C=O) groups is 1. The van der Waals surface area contributed by atoms with E-state index < -0.39 is 0 Å². The molecule has 6 nitrogen and oxygen atoms in total. The Morgan fingerprint density at radius 2 is 1.85 bits per heavy atom. The van der Waals surface area contributed by atoms with Crippen LogP contribution in [0.4, 0.5) is 0 Å². The van der Waals surface area contributed by atoms with Crippen molar-refractivity contribution in [3.63, 3.8) is 0 Å². The van der Waals surface area contributed by atoms with Crippen LogP contribution in [0.25, 0.3) is 10.8 Å². The van der Waals surface area contributed by atoms with Crippen LogP contribution in [-0.4, -0.2) is 25.0 Å². The van der Waals surface area contributed by atoms with Crippen molar-refractivity contribution in [3.8, 4) is 17.2 Å². The molecule has 0 unspecified atom stereocenters. The molecule has 1 aliphatic heterocycles. The van der Waals surface area contributed by atoms with Crippen molar-refractivity contribution in [3.05, 3.63) is 66.2 Å². The molecule has 0 bridgehead atoms. The molecule has 1 heterocycles. The minimum atomic E-state index is -0.330. The van der Waals surface area contributed by atoms with Gasteiger partial charge in [-0.25, -0.2) is 5.43 Å². The number of ether oxygens (including phenoxy) is 3. The molecule has 6 heteroatoms. The zero-order chi connectivity index (χ0) is 18.6. The highest BCUT2D eigenvalue weighted by Gasteiger charge is 2.14. The van der Waals surface area contributed by atoms with Gasteiger partial charge in [-0.15, -0.1) is 0 Å². The van der Waals surface area contributed by atoms with Gasteiger partial charge >= 0.3 is 0 Å². The van der Waals surface area contributed by atoms with Gasteiger partial charge in [-0.05, 0) is 48.0 Å². The van der Waals surface area contributed by atoms with E-state index >= 15 is 0 Å². The van der Waals surface area contributed by atoms with E-state index in [4.69, 9.17) is 14.2 Å². The van der Waals surface area contributed by atoms with Gasteiger partial charge in [-0.2, -0.15) is 5.10 Å². The van der Waals surface area contributed by atoms with E-state index in [1.54, 1.807) is 0 Å². The summed E-state index contributed by atoms with van der Waals surface area (Å²) in [5.74, 6) is 1.69. The molecule has 1 amide bonds. The standard InChI is InChI=1S/C21H18N2O4/c1-14(16-7-9-19-20(11-16)27-13-26-19)22-23-21(24)12-25-18-8-6-15-4-2-3-5-17(15)10-18/h2-11H,12-13H2,1H3,(H,23,24)/b22-14+. The predicted molar refractivity (Wildman–Crippen MR) is 102 cm³/mol. The number of nitrogens with one attached hydrogen (secondary N) is 1. The molecule has 0 spiro atoms. The van der Waals surface area contributed by atoms with Gasteiger partial charge in [0.1, 0.15) is 5.75 Å². The number of carbonyl (C=O) groups excluding carboxylic acids is 1. The van der Waals surface area contributed by atoms with Gasteiger partial charge in [0.15, 0.2) is 18.1 Å². The van der Waals surface area contributed by atoms with E-state index in [1.807, 2.05) is 67.6 Å². The fourth-order valence-electron chi connectivity index (χ4n) is 2.77. The van der Waals surface area contributed by atoms with Crippen molar-refractivity contribution < 1.29 is 19.0 Å². The predicted octanol–water partition coefficient (Wildman–Crippen LogP) is 3.49. The highest BCUT2D eigenvalue weighted by Crippen LogP contribution is 2.32. The lowest BCUT2D eigenvalue weighted by Gasteiger charge is -2.07. The first-order valence-corrected chi connectivity index (χ1v) is 8.54. The molecule has 136 valence electrons. The average Bonchev–Trinajstić information content (AvgIpc) is 3.18. The third kappa shape index (κ3) is 3.84. The van der Waals surface area contributed by atoms with E-state index in [0.29, 0.717) is 23.0 Å².